The fourth-order valence-electron chi connectivity index (χ4n) is 4.89. The van der Waals surface area contributed by atoms with E-state index in [1.807, 2.05) is 66.1 Å². The second kappa shape index (κ2) is 11.4. The number of nitriles is 1. The van der Waals surface area contributed by atoms with Crippen LogP contribution in [0.25, 0.3) is 22.2 Å². The summed E-state index contributed by atoms with van der Waals surface area (Å²) in [5.74, 6) is 0.990. The molecule has 2 atom stereocenters. The predicted molar refractivity (Wildman–Crippen MR) is 142 cm³/mol. The van der Waals surface area contributed by atoms with Crippen LogP contribution >= 0.6 is 0 Å². The van der Waals surface area contributed by atoms with Crippen LogP contribution in [0, 0.1) is 24.2 Å². The van der Waals surface area contributed by atoms with E-state index in [1.54, 1.807) is 10.9 Å². The number of pyridine rings is 1. The molecule has 2 aliphatic heterocycles. The summed E-state index contributed by atoms with van der Waals surface area (Å²) >= 11 is 0. The number of aliphatic imine (C=N–C) groups is 1. The number of hydrogen-bond acceptors (Lipinski definition) is 5. The van der Waals surface area contributed by atoms with E-state index < -0.39 is 0 Å². The van der Waals surface area contributed by atoms with Crippen LogP contribution < -0.4 is 5.32 Å². The minimum absolute atomic E-state index is 0.559. The largest absolute Gasteiger partial charge is 0.311 e. The molecular formula is C28H38N6. The summed E-state index contributed by atoms with van der Waals surface area (Å²) in [6.45, 7) is 12.3. The molecule has 0 saturated carbocycles. The smallest absolute Gasteiger partial charge is 0.110 e. The predicted octanol–water partition coefficient (Wildman–Crippen LogP) is 6.49. The van der Waals surface area contributed by atoms with E-state index in [9.17, 15) is 5.26 Å². The second-order valence-electron chi connectivity index (χ2n) is 9.51. The molecule has 34 heavy (non-hydrogen) atoms. The topological polar surface area (TPSA) is 78.9 Å². The third-order valence-corrected chi connectivity index (χ3v) is 6.28. The number of piperidine rings is 1. The Balaban J connectivity index is 0.000000243. The number of aryl methyl sites for hydroxylation is 2. The molecule has 0 spiro atoms. The van der Waals surface area contributed by atoms with E-state index in [1.165, 1.54) is 25.7 Å². The van der Waals surface area contributed by atoms with Gasteiger partial charge in [0.25, 0.3) is 0 Å². The van der Waals surface area contributed by atoms with Gasteiger partial charge in [-0.1, -0.05) is 20.8 Å². The van der Waals surface area contributed by atoms with Gasteiger partial charge in [0.1, 0.15) is 11.6 Å². The summed E-state index contributed by atoms with van der Waals surface area (Å²) in [6.07, 6.45) is 9.42. The molecule has 180 valence electrons. The molecule has 0 amide bonds. The summed E-state index contributed by atoms with van der Waals surface area (Å²) in [7, 11) is 1.85. The van der Waals surface area contributed by atoms with Crippen molar-refractivity contribution in [3.63, 3.8) is 0 Å². The molecule has 2 fully saturated rings. The molecular weight excluding hydrogens is 420 g/mol. The quantitative estimate of drug-likeness (QED) is 0.445. The van der Waals surface area contributed by atoms with E-state index in [-0.39, 0.29) is 0 Å². The maximum absolute atomic E-state index is 9.38. The lowest BCUT2D eigenvalue weighted by molar-refractivity contribution is 0.319. The highest BCUT2D eigenvalue weighted by atomic mass is 15.2. The normalized spacial score (nSPS) is 20.5. The van der Waals surface area contributed by atoms with Crippen LogP contribution in [0.2, 0.25) is 0 Å². The zero-order valence-corrected chi connectivity index (χ0v) is 21.7. The third-order valence-electron chi connectivity index (χ3n) is 6.28. The molecule has 0 aliphatic carbocycles. The van der Waals surface area contributed by atoms with Gasteiger partial charge in [-0.2, -0.15) is 10.4 Å². The Morgan fingerprint density at radius 3 is 2.41 bits per heavy atom. The molecule has 4 heterocycles. The summed E-state index contributed by atoms with van der Waals surface area (Å²) in [4.78, 5) is 8.98. The first-order valence-corrected chi connectivity index (χ1v) is 12.4. The Hall–Kier alpha value is -3.04. The van der Waals surface area contributed by atoms with Gasteiger partial charge in [-0.15, -0.1) is 0 Å². The number of hydrogen-bond donors (Lipinski definition) is 1. The molecule has 6 nitrogen and oxygen atoms in total. The average Bonchev–Trinajstić information content (AvgIpc) is 3.36. The van der Waals surface area contributed by atoms with Crippen molar-refractivity contribution in [2.75, 3.05) is 0 Å². The van der Waals surface area contributed by atoms with E-state index >= 15 is 0 Å². The first kappa shape index (κ1) is 25.6. The fraction of sp³-hybridized carbons (Fsp3) is 0.500. The maximum atomic E-state index is 9.38. The summed E-state index contributed by atoms with van der Waals surface area (Å²) in [5.41, 5.74) is 5.94. The Morgan fingerprint density at radius 2 is 1.82 bits per heavy atom. The molecule has 2 saturated heterocycles. The Labute approximate surface area is 204 Å². The zero-order valence-electron chi connectivity index (χ0n) is 21.7. The van der Waals surface area contributed by atoms with E-state index in [0.29, 0.717) is 5.56 Å². The zero-order chi connectivity index (χ0) is 24.8. The molecule has 2 unspecified atom stereocenters. The van der Waals surface area contributed by atoms with Crippen molar-refractivity contribution in [3.05, 3.63) is 41.7 Å². The molecule has 1 aromatic carbocycles. The van der Waals surface area contributed by atoms with Gasteiger partial charge in [0.05, 0.1) is 23.1 Å². The number of nitrogens with zero attached hydrogens (tertiary/aromatic N) is 5. The van der Waals surface area contributed by atoms with Crippen LogP contribution in [-0.2, 0) is 7.05 Å². The highest BCUT2D eigenvalue weighted by Crippen LogP contribution is 2.30. The van der Waals surface area contributed by atoms with Gasteiger partial charge in [-0.05, 0) is 76.1 Å². The SMILES string of the molecule is CC.CC(C)=Nc1cnc(-c2cc(C#N)c3nn(C)cc3c2)cc1C.CC1CC2CCC(C1)N2. The number of nitrogens with one attached hydrogen (secondary N) is 1. The van der Waals surface area contributed by atoms with Crippen molar-refractivity contribution in [1.82, 2.24) is 20.1 Å². The molecule has 2 aliphatic rings. The van der Waals surface area contributed by atoms with Crippen LogP contribution in [0.4, 0.5) is 5.69 Å². The Kier molecular flexibility index (Phi) is 8.57. The van der Waals surface area contributed by atoms with Crippen molar-refractivity contribution in [3.8, 4) is 17.3 Å². The van der Waals surface area contributed by atoms with Crippen LogP contribution in [0.15, 0.2) is 35.6 Å². The van der Waals surface area contributed by atoms with Crippen molar-refractivity contribution in [2.24, 2.45) is 18.0 Å². The number of aromatic nitrogens is 3. The number of rotatable bonds is 2. The Bertz CT molecular complexity index is 1180. The maximum Gasteiger partial charge on any atom is 0.110 e. The molecule has 5 rings (SSSR count). The fourth-order valence-corrected chi connectivity index (χ4v) is 4.89. The first-order chi connectivity index (χ1) is 16.3. The molecule has 3 aromatic rings. The van der Waals surface area contributed by atoms with Gasteiger partial charge in [0, 0.05) is 42.0 Å². The van der Waals surface area contributed by atoms with Crippen molar-refractivity contribution in [1.29, 1.82) is 5.26 Å². The molecule has 0 radical (unpaired) electrons. The summed E-state index contributed by atoms with van der Waals surface area (Å²) in [6, 6.07) is 9.85. The monoisotopic (exact) mass is 458 g/mol. The van der Waals surface area contributed by atoms with Gasteiger partial charge < -0.3 is 5.32 Å². The lowest BCUT2D eigenvalue weighted by Crippen LogP contribution is -2.37. The van der Waals surface area contributed by atoms with Crippen molar-refractivity contribution in [2.45, 2.75) is 79.3 Å². The standard InChI is InChI=1S/C18H17N5.C8H15N.C2H6/c1-11(2)21-17-9-20-16(5-12(17)3)13-6-14(8-19)18-15(7-13)10-23(4)22-18;1-6-4-7-2-3-8(5-6)9-7;1-2/h5-7,9-10H,1-4H3;6-9H,2-5H2,1H3;1-2H3. The lowest BCUT2D eigenvalue weighted by atomic mass is 9.95. The minimum atomic E-state index is 0.559. The van der Waals surface area contributed by atoms with Crippen molar-refractivity contribution >= 4 is 22.3 Å². The van der Waals surface area contributed by atoms with Crippen molar-refractivity contribution < 1.29 is 0 Å². The molecule has 2 bridgehead atoms. The van der Waals surface area contributed by atoms with Crippen LogP contribution in [-0.4, -0.2) is 32.6 Å². The van der Waals surface area contributed by atoms with E-state index in [0.717, 1.165) is 57.1 Å². The van der Waals surface area contributed by atoms with Gasteiger partial charge >= 0.3 is 0 Å². The van der Waals surface area contributed by atoms with Crippen LogP contribution in [0.1, 0.15) is 71.4 Å². The number of fused-ring (bicyclic) bond motifs is 3. The molecule has 6 heteroatoms. The Morgan fingerprint density at radius 1 is 1.15 bits per heavy atom. The van der Waals surface area contributed by atoms with Crippen LogP contribution in [0.3, 0.4) is 0 Å². The molecule has 2 aromatic heterocycles. The summed E-state index contributed by atoms with van der Waals surface area (Å²) < 4.78 is 1.72. The van der Waals surface area contributed by atoms with Gasteiger partial charge in [-0.3, -0.25) is 14.7 Å². The summed E-state index contributed by atoms with van der Waals surface area (Å²) in [5, 5.41) is 18.3. The van der Waals surface area contributed by atoms with Gasteiger partial charge in [-0.25, -0.2) is 0 Å². The van der Waals surface area contributed by atoms with Crippen LogP contribution in [0.5, 0.6) is 0 Å². The van der Waals surface area contributed by atoms with E-state index in [2.05, 4.69) is 33.4 Å². The van der Waals surface area contributed by atoms with E-state index in [4.69, 9.17) is 0 Å². The highest BCUT2D eigenvalue weighted by Gasteiger charge is 2.30. The first-order valence-electron chi connectivity index (χ1n) is 12.4. The average molecular weight is 459 g/mol. The van der Waals surface area contributed by atoms with Gasteiger partial charge in [0.2, 0.25) is 0 Å². The highest BCUT2D eigenvalue weighted by molar-refractivity contribution is 5.89. The molecule has 1 N–H and O–H groups in total. The second-order valence-corrected chi connectivity index (χ2v) is 9.51. The third kappa shape index (κ3) is 6.09. The number of benzene rings is 1. The minimum Gasteiger partial charge on any atom is -0.311 e. The lowest BCUT2D eigenvalue weighted by Gasteiger charge is -2.25. The van der Waals surface area contributed by atoms with Gasteiger partial charge in [0.15, 0.2) is 0 Å².